The second kappa shape index (κ2) is 5.40. The summed E-state index contributed by atoms with van der Waals surface area (Å²) in [6.07, 6.45) is 1.64. The van der Waals surface area contributed by atoms with E-state index in [-0.39, 0.29) is 33.6 Å². The average Bonchev–Trinajstić information content (AvgIpc) is 3.06. The molecule has 1 fully saturated rings. The topological polar surface area (TPSA) is 63.2 Å². The lowest BCUT2D eigenvalue weighted by atomic mass is 10.1. The molecule has 21 heavy (non-hydrogen) atoms. The number of halogens is 1. The molecule has 1 aliphatic rings. The molecule has 0 spiro atoms. The second-order valence-corrected chi connectivity index (χ2v) is 8.34. The third-order valence-electron chi connectivity index (χ3n) is 3.63. The van der Waals surface area contributed by atoms with Crippen molar-refractivity contribution in [2.24, 2.45) is 11.3 Å². The first kappa shape index (κ1) is 15.9. The summed E-state index contributed by atoms with van der Waals surface area (Å²) < 4.78 is 38.1. The smallest absolute Gasteiger partial charge is 0.230 e. The van der Waals surface area contributed by atoms with Crippen molar-refractivity contribution >= 4 is 21.4 Å². The summed E-state index contributed by atoms with van der Waals surface area (Å²) in [6, 6.07) is 3.72. The second-order valence-electron chi connectivity index (χ2n) is 6.34. The molecule has 4 nitrogen and oxygen atoms in total. The molecular weight excluding hydrogens is 293 g/mol. The largest absolute Gasteiger partial charge is 0.326 e. The fourth-order valence-electron chi connectivity index (χ4n) is 2.06. The number of rotatable bonds is 5. The number of carbonyl (C=O) groups excluding carboxylic acids is 1. The van der Waals surface area contributed by atoms with E-state index in [2.05, 4.69) is 5.32 Å². The standard InChI is InChI=1S/C15H20FNO3S/c1-10(2)9-21(19,20)13-5-4-11(8-12(13)16)17-14(18)15(3)6-7-15/h4-5,8,10H,6-7,9H2,1-3H3,(H,17,18). The fourth-order valence-corrected chi connectivity index (χ4v) is 3.74. The Morgan fingerprint density at radius 1 is 1.38 bits per heavy atom. The van der Waals surface area contributed by atoms with Gasteiger partial charge in [-0.05, 0) is 37.0 Å². The zero-order valence-electron chi connectivity index (χ0n) is 12.4. The molecule has 0 aliphatic heterocycles. The highest BCUT2D eigenvalue weighted by atomic mass is 32.2. The Bertz CT molecular complexity index is 663. The van der Waals surface area contributed by atoms with Gasteiger partial charge < -0.3 is 5.32 Å². The van der Waals surface area contributed by atoms with E-state index in [4.69, 9.17) is 0 Å². The molecular formula is C15H20FNO3S. The maximum atomic E-state index is 14.0. The highest BCUT2D eigenvalue weighted by molar-refractivity contribution is 7.91. The van der Waals surface area contributed by atoms with Crippen molar-refractivity contribution in [3.05, 3.63) is 24.0 Å². The van der Waals surface area contributed by atoms with Crippen molar-refractivity contribution in [3.63, 3.8) is 0 Å². The number of hydrogen-bond donors (Lipinski definition) is 1. The minimum absolute atomic E-state index is 0.0800. The van der Waals surface area contributed by atoms with Crippen LogP contribution in [-0.4, -0.2) is 20.1 Å². The maximum Gasteiger partial charge on any atom is 0.230 e. The van der Waals surface area contributed by atoms with E-state index in [0.717, 1.165) is 18.9 Å². The van der Waals surface area contributed by atoms with Crippen LogP contribution in [-0.2, 0) is 14.6 Å². The van der Waals surface area contributed by atoms with Gasteiger partial charge in [0.15, 0.2) is 9.84 Å². The number of hydrogen-bond acceptors (Lipinski definition) is 3. The lowest BCUT2D eigenvalue weighted by molar-refractivity contribution is -0.120. The van der Waals surface area contributed by atoms with Gasteiger partial charge in [-0.15, -0.1) is 0 Å². The van der Waals surface area contributed by atoms with E-state index >= 15 is 0 Å². The number of amides is 1. The molecule has 1 saturated carbocycles. The minimum atomic E-state index is -3.64. The van der Waals surface area contributed by atoms with Crippen LogP contribution in [0.15, 0.2) is 23.1 Å². The van der Waals surface area contributed by atoms with E-state index in [9.17, 15) is 17.6 Å². The van der Waals surface area contributed by atoms with Gasteiger partial charge in [-0.25, -0.2) is 12.8 Å². The Balaban J connectivity index is 2.19. The number of carbonyl (C=O) groups is 1. The number of sulfone groups is 1. The summed E-state index contributed by atoms with van der Waals surface area (Å²) in [4.78, 5) is 11.6. The maximum absolute atomic E-state index is 14.0. The molecule has 1 amide bonds. The Labute approximate surface area is 124 Å². The Kier molecular flexibility index (Phi) is 4.10. The lowest BCUT2D eigenvalue weighted by Crippen LogP contribution is -2.21. The van der Waals surface area contributed by atoms with Gasteiger partial charge in [0, 0.05) is 11.1 Å². The van der Waals surface area contributed by atoms with Crippen molar-refractivity contribution < 1.29 is 17.6 Å². The van der Waals surface area contributed by atoms with E-state index in [1.165, 1.54) is 12.1 Å². The van der Waals surface area contributed by atoms with E-state index in [0.29, 0.717) is 0 Å². The molecule has 0 radical (unpaired) electrons. The van der Waals surface area contributed by atoms with Gasteiger partial charge in [0.25, 0.3) is 0 Å². The van der Waals surface area contributed by atoms with E-state index in [1.807, 2.05) is 6.92 Å². The van der Waals surface area contributed by atoms with Crippen molar-refractivity contribution in [2.45, 2.75) is 38.5 Å². The number of anilines is 1. The fraction of sp³-hybridized carbons (Fsp3) is 0.533. The molecule has 0 bridgehead atoms. The normalized spacial score (nSPS) is 16.8. The van der Waals surface area contributed by atoms with Crippen LogP contribution in [0.1, 0.15) is 33.6 Å². The molecule has 1 aromatic rings. The summed E-state index contributed by atoms with van der Waals surface area (Å²) in [5.41, 5.74) is -0.0760. The number of benzene rings is 1. The first-order chi connectivity index (χ1) is 9.64. The van der Waals surface area contributed by atoms with Crippen LogP contribution in [0.3, 0.4) is 0 Å². The Hall–Kier alpha value is -1.43. The minimum Gasteiger partial charge on any atom is -0.326 e. The first-order valence-electron chi connectivity index (χ1n) is 6.98. The average molecular weight is 313 g/mol. The summed E-state index contributed by atoms with van der Waals surface area (Å²) in [7, 11) is -3.64. The zero-order valence-corrected chi connectivity index (χ0v) is 13.3. The summed E-state index contributed by atoms with van der Waals surface area (Å²) in [5, 5.41) is 2.63. The van der Waals surface area contributed by atoms with Crippen LogP contribution < -0.4 is 5.32 Å². The van der Waals surface area contributed by atoms with Gasteiger partial charge >= 0.3 is 0 Å². The van der Waals surface area contributed by atoms with Crippen LogP contribution >= 0.6 is 0 Å². The third kappa shape index (κ3) is 3.61. The van der Waals surface area contributed by atoms with Gasteiger partial charge in [0.05, 0.1) is 5.75 Å². The quantitative estimate of drug-likeness (QED) is 0.909. The van der Waals surface area contributed by atoms with Gasteiger partial charge in [-0.3, -0.25) is 4.79 Å². The molecule has 2 rings (SSSR count). The van der Waals surface area contributed by atoms with Crippen molar-refractivity contribution in [1.82, 2.24) is 0 Å². The molecule has 1 aromatic carbocycles. The molecule has 6 heteroatoms. The van der Waals surface area contributed by atoms with Crippen LogP contribution in [0.5, 0.6) is 0 Å². The first-order valence-corrected chi connectivity index (χ1v) is 8.63. The molecule has 116 valence electrons. The van der Waals surface area contributed by atoms with E-state index < -0.39 is 15.7 Å². The molecule has 0 heterocycles. The Morgan fingerprint density at radius 3 is 2.48 bits per heavy atom. The van der Waals surface area contributed by atoms with Crippen LogP contribution in [0.25, 0.3) is 0 Å². The van der Waals surface area contributed by atoms with Gasteiger partial charge in [-0.2, -0.15) is 0 Å². The molecule has 0 atom stereocenters. The summed E-state index contributed by atoms with van der Waals surface area (Å²) in [6.45, 7) is 5.38. The summed E-state index contributed by atoms with van der Waals surface area (Å²) >= 11 is 0. The monoisotopic (exact) mass is 313 g/mol. The Morgan fingerprint density at radius 2 is 2.00 bits per heavy atom. The van der Waals surface area contributed by atoms with Gasteiger partial charge in [0.1, 0.15) is 10.7 Å². The summed E-state index contributed by atoms with van der Waals surface area (Å²) in [5.74, 6) is -1.16. The predicted octanol–water partition coefficient (Wildman–Crippen LogP) is 2.99. The van der Waals surface area contributed by atoms with Crippen molar-refractivity contribution in [2.75, 3.05) is 11.1 Å². The van der Waals surface area contributed by atoms with Gasteiger partial charge in [0.2, 0.25) is 5.91 Å². The molecule has 0 aromatic heterocycles. The van der Waals surface area contributed by atoms with Crippen LogP contribution in [0.2, 0.25) is 0 Å². The van der Waals surface area contributed by atoms with E-state index in [1.54, 1.807) is 13.8 Å². The van der Waals surface area contributed by atoms with Crippen molar-refractivity contribution in [1.29, 1.82) is 0 Å². The van der Waals surface area contributed by atoms with Crippen LogP contribution in [0, 0.1) is 17.2 Å². The molecule has 1 N–H and O–H groups in total. The van der Waals surface area contributed by atoms with Gasteiger partial charge in [-0.1, -0.05) is 20.8 Å². The number of nitrogens with one attached hydrogen (secondary N) is 1. The lowest BCUT2D eigenvalue weighted by Gasteiger charge is -2.12. The molecule has 0 saturated heterocycles. The van der Waals surface area contributed by atoms with Crippen LogP contribution in [0.4, 0.5) is 10.1 Å². The highest BCUT2D eigenvalue weighted by Crippen LogP contribution is 2.45. The van der Waals surface area contributed by atoms with Crippen molar-refractivity contribution in [3.8, 4) is 0 Å². The zero-order chi connectivity index (χ0) is 15.8. The SMILES string of the molecule is CC(C)CS(=O)(=O)c1ccc(NC(=O)C2(C)CC2)cc1F. The molecule has 1 aliphatic carbocycles. The molecule has 0 unspecified atom stereocenters. The highest BCUT2D eigenvalue weighted by Gasteiger charge is 2.44. The predicted molar refractivity (Wildman–Crippen MR) is 79.3 cm³/mol. The third-order valence-corrected chi connectivity index (χ3v) is 5.73.